The molecule has 0 fully saturated rings. The Balaban J connectivity index is 2.32. The van der Waals surface area contributed by atoms with Crippen molar-refractivity contribution in [2.75, 3.05) is 11.3 Å². The number of hydrogen-bond donors (Lipinski definition) is 2. The number of aromatic nitrogens is 2. The van der Waals surface area contributed by atoms with E-state index >= 15 is 0 Å². The SMILES string of the molecule is Cn1ccc(NS(=O)(=O)c2ccc(C#CCN)cc2F)n1. The highest BCUT2D eigenvalue weighted by atomic mass is 32.2. The number of anilines is 1. The molecule has 110 valence electrons. The van der Waals surface area contributed by atoms with E-state index in [4.69, 9.17) is 5.73 Å². The van der Waals surface area contributed by atoms with Crippen LogP contribution in [0.3, 0.4) is 0 Å². The second kappa shape index (κ2) is 5.95. The maximum atomic E-state index is 13.9. The van der Waals surface area contributed by atoms with Gasteiger partial charge in [0.1, 0.15) is 10.7 Å². The predicted octanol–water partition coefficient (Wildman–Crippen LogP) is 0.670. The van der Waals surface area contributed by atoms with E-state index in [-0.39, 0.29) is 12.4 Å². The van der Waals surface area contributed by atoms with Gasteiger partial charge in [-0.25, -0.2) is 12.8 Å². The molecule has 1 aromatic heterocycles. The van der Waals surface area contributed by atoms with Crippen molar-refractivity contribution in [1.82, 2.24) is 9.78 Å². The zero-order valence-electron chi connectivity index (χ0n) is 11.2. The Hall–Kier alpha value is -2.37. The molecule has 6 nitrogen and oxygen atoms in total. The second-order valence-corrected chi connectivity index (χ2v) is 5.78. The molecule has 1 heterocycles. The smallest absolute Gasteiger partial charge is 0.266 e. The summed E-state index contributed by atoms with van der Waals surface area (Å²) in [6.45, 7) is 0.142. The predicted molar refractivity (Wildman–Crippen MR) is 76.3 cm³/mol. The summed E-state index contributed by atoms with van der Waals surface area (Å²) >= 11 is 0. The summed E-state index contributed by atoms with van der Waals surface area (Å²) in [6, 6.07) is 5.09. The number of nitrogens with one attached hydrogen (secondary N) is 1. The molecule has 0 saturated carbocycles. The van der Waals surface area contributed by atoms with Gasteiger partial charge in [-0.1, -0.05) is 11.8 Å². The topological polar surface area (TPSA) is 90.0 Å². The second-order valence-electron chi connectivity index (χ2n) is 4.13. The first-order chi connectivity index (χ1) is 9.92. The summed E-state index contributed by atoms with van der Waals surface area (Å²) < 4.78 is 41.8. The lowest BCUT2D eigenvalue weighted by molar-refractivity contribution is 0.570. The Morgan fingerprint density at radius 3 is 2.76 bits per heavy atom. The molecular weight excluding hydrogens is 295 g/mol. The van der Waals surface area contributed by atoms with E-state index in [0.29, 0.717) is 5.56 Å². The van der Waals surface area contributed by atoms with Gasteiger partial charge in [0, 0.05) is 24.9 Å². The van der Waals surface area contributed by atoms with Crippen LogP contribution in [0, 0.1) is 17.7 Å². The number of halogens is 1. The standard InChI is InChI=1S/C13H13FN4O2S/c1-18-8-6-13(16-18)17-21(19,20)12-5-4-10(3-2-7-15)9-11(12)14/h4-6,8-9H,7,15H2,1H3,(H,16,17). The molecule has 0 aliphatic rings. The lowest BCUT2D eigenvalue weighted by Crippen LogP contribution is -2.15. The highest BCUT2D eigenvalue weighted by Crippen LogP contribution is 2.18. The lowest BCUT2D eigenvalue weighted by atomic mass is 10.2. The van der Waals surface area contributed by atoms with Gasteiger partial charge in [-0.3, -0.25) is 9.40 Å². The van der Waals surface area contributed by atoms with Gasteiger partial charge in [0.25, 0.3) is 10.0 Å². The molecule has 21 heavy (non-hydrogen) atoms. The van der Waals surface area contributed by atoms with Crippen LogP contribution >= 0.6 is 0 Å². The number of benzene rings is 1. The van der Waals surface area contributed by atoms with Crippen molar-refractivity contribution in [2.24, 2.45) is 12.8 Å². The molecule has 0 radical (unpaired) electrons. The number of hydrogen-bond acceptors (Lipinski definition) is 4. The van der Waals surface area contributed by atoms with Gasteiger partial charge in [0.05, 0.1) is 6.54 Å². The van der Waals surface area contributed by atoms with Gasteiger partial charge in [0.2, 0.25) is 0 Å². The van der Waals surface area contributed by atoms with Crippen LogP contribution in [0.4, 0.5) is 10.2 Å². The van der Waals surface area contributed by atoms with Crippen LogP contribution in [0.1, 0.15) is 5.56 Å². The highest BCUT2D eigenvalue weighted by molar-refractivity contribution is 7.92. The zero-order valence-corrected chi connectivity index (χ0v) is 12.0. The molecular formula is C13H13FN4O2S. The average molecular weight is 308 g/mol. The van der Waals surface area contributed by atoms with Crippen LogP contribution in [0.25, 0.3) is 0 Å². The fourth-order valence-corrected chi connectivity index (χ4v) is 2.67. The van der Waals surface area contributed by atoms with Crippen LogP contribution in [-0.2, 0) is 17.1 Å². The fraction of sp³-hybridized carbons (Fsp3) is 0.154. The van der Waals surface area contributed by atoms with E-state index in [1.807, 2.05) is 0 Å². The summed E-state index contributed by atoms with van der Waals surface area (Å²) in [5.74, 6) is 4.42. The van der Waals surface area contributed by atoms with Crippen molar-refractivity contribution in [1.29, 1.82) is 0 Å². The summed E-state index contributed by atoms with van der Waals surface area (Å²) in [6.07, 6.45) is 1.57. The largest absolute Gasteiger partial charge is 0.320 e. The molecule has 0 bridgehead atoms. The first kappa shape index (κ1) is 15.0. The van der Waals surface area contributed by atoms with Gasteiger partial charge in [-0.15, -0.1) is 0 Å². The number of nitrogens with zero attached hydrogens (tertiary/aromatic N) is 2. The molecule has 0 spiro atoms. The zero-order chi connectivity index (χ0) is 15.5. The summed E-state index contributed by atoms with van der Waals surface area (Å²) in [5.41, 5.74) is 5.58. The van der Waals surface area contributed by atoms with Crippen molar-refractivity contribution in [2.45, 2.75) is 4.90 Å². The Morgan fingerprint density at radius 2 is 2.19 bits per heavy atom. The molecule has 0 amide bonds. The highest BCUT2D eigenvalue weighted by Gasteiger charge is 2.20. The Morgan fingerprint density at radius 1 is 1.43 bits per heavy atom. The van der Waals surface area contributed by atoms with Crippen molar-refractivity contribution in [3.8, 4) is 11.8 Å². The minimum atomic E-state index is -4.04. The summed E-state index contributed by atoms with van der Waals surface area (Å²) in [4.78, 5) is -0.466. The molecule has 1 aromatic carbocycles. The third-order valence-corrected chi connectivity index (χ3v) is 3.90. The molecule has 0 unspecified atom stereocenters. The van der Waals surface area contributed by atoms with Crippen molar-refractivity contribution < 1.29 is 12.8 Å². The normalized spacial score (nSPS) is 10.8. The quantitative estimate of drug-likeness (QED) is 0.816. The molecule has 8 heteroatoms. The van der Waals surface area contributed by atoms with Crippen LogP contribution in [-0.4, -0.2) is 24.7 Å². The average Bonchev–Trinajstić information content (AvgIpc) is 2.80. The maximum absolute atomic E-state index is 13.9. The lowest BCUT2D eigenvalue weighted by Gasteiger charge is -2.06. The van der Waals surface area contributed by atoms with Gasteiger partial charge >= 0.3 is 0 Å². The van der Waals surface area contributed by atoms with Crippen LogP contribution in [0.15, 0.2) is 35.4 Å². The van der Waals surface area contributed by atoms with Crippen LogP contribution in [0.2, 0.25) is 0 Å². The Labute approximate surface area is 121 Å². The number of aryl methyl sites for hydroxylation is 1. The molecule has 0 aliphatic carbocycles. The molecule has 0 aliphatic heterocycles. The van der Waals surface area contributed by atoms with Gasteiger partial charge in [-0.2, -0.15) is 5.10 Å². The maximum Gasteiger partial charge on any atom is 0.266 e. The van der Waals surface area contributed by atoms with E-state index in [1.165, 1.54) is 16.8 Å². The van der Waals surface area contributed by atoms with Crippen molar-refractivity contribution >= 4 is 15.8 Å². The fourth-order valence-electron chi connectivity index (χ4n) is 1.61. The molecule has 2 rings (SSSR count). The van der Waals surface area contributed by atoms with E-state index < -0.39 is 20.7 Å². The van der Waals surface area contributed by atoms with Crippen molar-refractivity contribution in [3.63, 3.8) is 0 Å². The minimum Gasteiger partial charge on any atom is -0.320 e. The monoisotopic (exact) mass is 308 g/mol. The Kier molecular flexibility index (Phi) is 4.26. The summed E-state index contributed by atoms with van der Waals surface area (Å²) in [7, 11) is -2.40. The number of sulfonamides is 1. The molecule has 3 N–H and O–H groups in total. The van der Waals surface area contributed by atoms with Crippen molar-refractivity contribution in [3.05, 3.63) is 41.8 Å². The molecule has 0 atom stereocenters. The number of rotatable bonds is 3. The Bertz CT molecular complexity index is 818. The van der Waals surface area contributed by atoms with E-state index in [0.717, 1.165) is 12.1 Å². The van der Waals surface area contributed by atoms with Gasteiger partial charge in [-0.05, 0) is 18.2 Å². The molecule has 0 saturated heterocycles. The molecule has 2 aromatic rings. The van der Waals surface area contributed by atoms with E-state index in [1.54, 1.807) is 13.2 Å². The van der Waals surface area contributed by atoms with Crippen LogP contribution in [0.5, 0.6) is 0 Å². The minimum absolute atomic E-state index is 0.115. The van der Waals surface area contributed by atoms with Gasteiger partial charge < -0.3 is 5.73 Å². The third kappa shape index (κ3) is 3.59. The first-order valence-corrected chi connectivity index (χ1v) is 7.41. The number of nitrogens with two attached hydrogens (primary N) is 1. The first-order valence-electron chi connectivity index (χ1n) is 5.93. The van der Waals surface area contributed by atoms with E-state index in [9.17, 15) is 12.8 Å². The van der Waals surface area contributed by atoms with Crippen LogP contribution < -0.4 is 10.5 Å². The van der Waals surface area contributed by atoms with Gasteiger partial charge in [0.15, 0.2) is 5.82 Å². The third-order valence-electron chi connectivity index (χ3n) is 2.51. The van der Waals surface area contributed by atoms with E-state index in [2.05, 4.69) is 21.7 Å². The summed E-state index contributed by atoms with van der Waals surface area (Å²) in [5, 5.41) is 3.88.